The third-order valence-electron chi connectivity index (χ3n) is 3.13. The van der Waals surface area contributed by atoms with Crippen molar-refractivity contribution in [1.29, 1.82) is 0 Å². The Hall–Kier alpha value is -2.01. The summed E-state index contributed by atoms with van der Waals surface area (Å²) in [4.78, 5) is 23.9. The van der Waals surface area contributed by atoms with Gasteiger partial charge in [0.25, 0.3) is 0 Å². The Labute approximate surface area is 128 Å². The molecule has 1 atom stereocenters. The van der Waals surface area contributed by atoms with Crippen LogP contribution in [0.2, 0.25) is 0 Å². The molecule has 1 heterocycles. The van der Waals surface area contributed by atoms with Crippen molar-refractivity contribution in [2.24, 2.45) is 0 Å². The Morgan fingerprint density at radius 2 is 2.05 bits per heavy atom. The largest absolute Gasteiger partial charge is 0.462 e. The molecule has 2 amide bonds. The van der Waals surface area contributed by atoms with Crippen molar-refractivity contribution >= 4 is 23.6 Å². The third-order valence-corrected chi connectivity index (χ3v) is 3.40. The molecule has 1 aliphatic rings. The van der Waals surface area contributed by atoms with E-state index in [1.807, 2.05) is 30.3 Å². The molecule has 5 nitrogen and oxygen atoms in total. The Morgan fingerprint density at radius 1 is 1.33 bits per heavy atom. The summed E-state index contributed by atoms with van der Waals surface area (Å²) in [6.07, 6.45) is 0.593. The summed E-state index contributed by atoms with van der Waals surface area (Å²) in [5, 5.41) is 5.35. The summed E-state index contributed by atoms with van der Waals surface area (Å²) in [6.45, 7) is 1.95. The maximum atomic E-state index is 12.3. The highest BCUT2D eigenvalue weighted by molar-refractivity contribution is 6.17. The van der Waals surface area contributed by atoms with Gasteiger partial charge in [0.05, 0.1) is 18.2 Å². The van der Waals surface area contributed by atoms with Crippen LogP contribution in [0.4, 0.5) is 4.79 Å². The van der Waals surface area contributed by atoms with Crippen LogP contribution in [0.5, 0.6) is 0 Å². The topological polar surface area (TPSA) is 67.4 Å². The number of alkyl halides is 1. The van der Waals surface area contributed by atoms with Gasteiger partial charge >= 0.3 is 12.0 Å². The number of carbonyl (C=O) groups excluding carboxylic acids is 2. The Balaban J connectivity index is 2.26. The van der Waals surface area contributed by atoms with E-state index in [1.54, 1.807) is 6.92 Å². The van der Waals surface area contributed by atoms with Crippen molar-refractivity contribution in [1.82, 2.24) is 10.6 Å². The maximum absolute atomic E-state index is 12.3. The third kappa shape index (κ3) is 3.76. The fraction of sp³-hybridized carbons (Fsp3) is 0.333. The molecule has 1 aliphatic heterocycles. The second-order valence-electron chi connectivity index (χ2n) is 4.66. The molecule has 0 saturated carbocycles. The van der Waals surface area contributed by atoms with Crippen LogP contribution >= 0.6 is 11.6 Å². The van der Waals surface area contributed by atoms with E-state index in [0.717, 1.165) is 5.56 Å². The summed E-state index contributed by atoms with van der Waals surface area (Å²) in [5.41, 5.74) is 1.75. The zero-order valence-corrected chi connectivity index (χ0v) is 12.4. The molecule has 1 aromatic rings. The van der Waals surface area contributed by atoms with Crippen molar-refractivity contribution < 1.29 is 14.3 Å². The van der Waals surface area contributed by atoms with Gasteiger partial charge in [-0.15, -0.1) is 11.6 Å². The van der Waals surface area contributed by atoms with Crippen molar-refractivity contribution in [2.75, 3.05) is 12.5 Å². The average molecular weight is 309 g/mol. The Bertz CT molecular complexity index is 557. The quantitative estimate of drug-likeness (QED) is 0.499. The van der Waals surface area contributed by atoms with Crippen LogP contribution in [-0.4, -0.2) is 24.5 Å². The lowest BCUT2D eigenvalue weighted by molar-refractivity contribution is -0.139. The van der Waals surface area contributed by atoms with E-state index in [4.69, 9.17) is 16.3 Å². The highest BCUT2D eigenvalue weighted by Gasteiger charge is 2.31. The van der Waals surface area contributed by atoms with Crippen LogP contribution in [0, 0.1) is 0 Å². The van der Waals surface area contributed by atoms with Crippen LogP contribution in [0.15, 0.2) is 41.6 Å². The number of rotatable bonds is 5. The van der Waals surface area contributed by atoms with Crippen molar-refractivity contribution in [2.45, 2.75) is 19.4 Å². The zero-order chi connectivity index (χ0) is 15.2. The first-order valence-corrected chi connectivity index (χ1v) is 7.23. The molecule has 0 aliphatic carbocycles. The van der Waals surface area contributed by atoms with E-state index in [-0.39, 0.29) is 12.6 Å². The summed E-state index contributed by atoms with van der Waals surface area (Å²) < 4.78 is 5.21. The monoisotopic (exact) mass is 308 g/mol. The fourth-order valence-corrected chi connectivity index (χ4v) is 2.27. The number of carbonyl (C=O) groups is 2. The fourth-order valence-electron chi connectivity index (χ4n) is 2.16. The first kappa shape index (κ1) is 15.4. The number of ether oxygens (including phenoxy) is 1. The molecule has 2 rings (SSSR count). The Kier molecular flexibility index (Phi) is 5.22. The Morgan fingerprint density at radius 3 is 2.71 bits per heavy atom. The molecule has 2 N–H and O–H groups in total. The number of halogens is 1. The van der Waals surface area contributed by atoms with Gasteiger partial charge in [0.2, 0.25) is 0 Å². The van der Waals surface area contributed by atoms with E-state index in [0.29, 0.717) is 23.6 Å². The summed E-state index contributed by atoms with van der Waals surface area (Å²) in [7, 11) is 0. The van der Waals surface area contributed by atoms with Crippen LogP contribution in [0.1, 0.15) is 24.9 Å². The number of urea groups is 1. The van der Waals surface area contributed by atoms with E-state index in [2.05, 4.69) is 10.6 Å². The van der Waals surface area contributed by atoms with E-state index in [1.165, 1.54) is 0 Å². The van der Waals surface area contributed by atoms with Gasteiger partial charge in [0.1, 0.15) is 0 Å². The number of amides is 2. The van der Waals surface area contributed by atoms with Gasteiger partial charge < -0.3 is 15.4 Å². The molecular formula is C15H17ClN2O3. The predicted octanol–water partition coefficient (Wildman–Crippen LogP) is 2.49. The van der Waals surface area contributed by atoms with Gasteiger partial charge in [0, 0.05) is 11.6 Å². The zero-order valence-electron chi connectivity index (χ0n) is 11.7. The molecule has 0 unspecified atom stereocenters. The number of hydrogen-bond acceptors (Lipinski definition) is 3. The highest BCUT2D eigenvalue weighted by Crippen LogP contribution is 2.27. The lowest BCUT2D eigenvalue weighted by Gasteiger charge is -2.28. The average Bonchev–Trinajstić information content (AvgIpc) is 2.47. The number of allylic oxidation sites excluding steroid dienone is 1. The smallest absolute Gasteiger partial charge is 0.338 e. The lowest BCUT2D eigenvalue weighted by atomic mass is 9.96. The van der Waals surface area contributed by atoms with E-state index in [9.17, 15) is 9.59 Å². The predicted molar refractivity (Wildman–Crippen MR) is 79.8 cm³/mol. The molecule has 1 aromatic carbocycles. The van der Waals surface area contributed by atoms with Crippen LogP contribution < -0.4 is 10.6 Å². The first-order chi connectivity index (χ1) is 10.1. The number of nitrogens with one attached hydrogen (secondary N) is 2. The second kappa shape index (κ2) is 7.13. The van der Waals surface area contributed by atoms with Crippen molar-refractivity contribution in [3.63, 3.8) is 0 Å². The van der Waals surface area contributed by atoms with Crippen molar-refractivity contribution in [3.05, 3.63) is 47.2 Å². The second-order valence-corrected chi connectivity index (χ2v) is 5.04. The normalized spacial score (nSPS) is 18.0. The van der Waals surface area contributed by atoms with E-state index >= 15 is 0 Å². The molecule has 0 aromatic heterocycles. The standard InChI is InChI=1S/C15H17ClN2O3/c1-10-12(14(19)21-9-5-8-16)13(18-15(20)17-10)11-6-3-2-4-7-11/h2-4,6-7,13H,5,8-9H2,1H3,(H2,17,18,20)/t13-/m0/s1. The molecule has 21 heavy (non-hydrogen) atoms. The van der Waals surface area contributed by atoms with Gasteiger partial charge in [-0.1, -0.05) is 30.3 Å². The van der Waals surface area contributed by atoms with Gasteiger partial charge in [-0.2, -0.15) is 0 Å². The van der Waals surface area contributed by atoms with Gasteiger partial charge in [-0.3, -0.25) is 0 Å². The minimum atomic E-state index is -0.511. The minimum Gasteiger partial charge on any atom is -0.462 e. The number of hydrogen-bond donors (Lipinski definition) is 2. The van der Waals surface area contributed by atoms with Gasteiger partial charge in [-0.25, -0.2) is 9.59 Å². The maximum Gasteiger partial charge on any atom is 0.338 e. The summed E-state index contributed by atoms with van der Waals surface area (Å²) in [6, 6.07) is 8.46. The molecule has 112 valence electrons. The van der Waals surface area contributed by atoms with Crippen molar-refractivity contribution in [3.8, 4) is 0 Å². The van der Waals surface area contributed by atoms with Crippen LogP contribution in [0.3, 0.4) is 0 Å². The molecular weight excluding hydrogens is 292 g/mol. The molecule has 6 heteroatoms. The number of benzene rings is 1. The SMILES string of the molecule is CC1=C(C(=O)OCCCCl)[C@H](c2ccccc2)NC(=O)N1. The molecule has 0 spiro atoms. The lowest BCUT2D eigenvalue weighted by Crippen LogP contribution is -2.45. The molecule has 0 bridgehead atoms. The van der Waals surface area contributed by atoms with Crippen LogP contribution in [-0.2, 0) is 9.53 Å². The molecule has 0 radical (unpaired) electrons. The summed E-state index contributed by atoms with van der Waals surface area (Å²) >= 11 is 5.57. The van der Waals surface area contributed by atoms with Crippen LogP contribution in [0.25, 0.3) is 0 Å². The van der Waals surface area contributed by atoms with Gasteiger partial charge in [-0.05, 0) is 18.9 Å². The van der Waals surface area contributed by atoms with E-state index < -0.39 is 12.0 Å². The first-order valence-electron chi connectivity index (χ1n) is 6.70. The van der Waals surface area contributed by atoms with Gasteiger partial charge in [0.15, 0.2) is 0 Å². The molecule has 0 saturated heterocycles. The molecule has 0 fully saturated rings. The summed E-state index contributed by atoms with van der Waals surface area (Å²) in [5.74, 6) is -0.0125. The number of esters is 1. The minimum absolute atomic E-state index is 0.259. The highest BCUT2D eigenvalue weighted by atomic mass is 35.5.